The maximum Gasteiger partial charge on any atom is 0.416 e. The van der Waals surface area contributed by atoms with E-state index in [2.05, 4.69) is 10.6 Å². The number of amides is 5. The highest BCUT2D eigenvalue weighted by Gasteiger charge is 2.47. The van der Waals surface area contributed by atoms with E-state index in [0.717, 1.165) is 18.2 Å². The maximum atomic E-state index is 12.6. The molecule has 1 unspecified atom stereocenters. The number of nitrogens with zero attached hydrogens (tertiary/aromatic N) is 1. The van der Waals surface area contributed by atoms with E-state index in [4.69, 9.17) is 0 Å². The van der Waals surface area contributed by atoms with Gasteiger partial charge >= 0.3 is 18.2 Å². The average molecular weight is 344 g/mol. The molecule has 24 heavy (non-hydrogen) atoms. The number of urea groups is 2. The largest absolute Gasteiger partial charge is 0.416 e. The van der Waals surface area contributed by atoms with E-state index in [9.17, 15) is 27.6 Å². The molecule has 0 aromatic heterocycles. The highest BCUT2D eigenvalue weighted by atomic mass is 19.4. The van der Waals surface area contributed by atoms with E-state index in [1.807, 2.05) is 5.43 Å². The Morgan fingerprint density at radius 2 is 2.00 bits per heavy atom. The molecular formula is C14H15F3N4O3. The van der Waals surface area contributed by atoms with Crippen LogP contribution in [0.5, 0.6) is 0 Å². The number of halogens is 3. The molecule has 0 aliphatic carbocycles. The van der Waals surface area contributed by atoms with Crippen molar-refractivity contribution in [2.45, 2.75) is 32.0 Å². The number of alkyl halides is 3. The minimum Gasteiger partial charge on any atom is -0.322 e. The van der Waals surface area contributed by atoms with Gasteiger partial charge < -0.3 is 10.6 Å². The van der Waals surface area contributed by atoms with Crippen LogP contribution in [0.1, 0.15) is 25.8 Å². The second-order valence-corrected chi connectivity index (χ2v) is 5.40. The zero-order chi connectivity index (χ0) is 18.1. The Balaban J connectivity index is 2.07. The maximum absolute atomic E-state index is 12.6. The third kappa shape index (κ3) is 3.42. The van der Waals surface area contributed by atoms with Crippen LogP contribution >= 0.6 is 0 Å². The summed E-state index contributed by atoms with van der Waals surface area (Å²) in [6.45, 7) is 3.18. The third-order valence-corrected chi connectivity index (χ3v) is 3.63. The molecule has 2 rings (SSSR count). The van der Waals surface area contributed by atoms with E-state index in [0.29, 0.717) is 11.4 Å². The monoisotopic (exact) mass is 344 g/mol. The Kier molecular flexibility index (Phi) is 4.41. The van der Waals surface area contributed by atoms with Crippen LogP contribution in [-0.2, 0) is 11.0 Å². The van der Waals surface area contributed by atoms with Crippen LogP contribution in [0.25, 0.3) is 0 Å². The van der Waals surface area contributed by atoms with Crippen LogP contribution in [0.4, 0.5) is 28.4 Å². The van der Waals surface area contributed by atoms with Crippen LogP contribution < -0.4 is 16.1 Å². The second-order valence-electron chi connectivity index (χ2n) is 5.40. The van der Waals surface area contributed by atoms with E-state index >= 15 is 0 Å². The molecule has 5 amide bonds. The van der Waals surface area contributed by atoms with Crippen molar-refractivity contribution < 1.29 is 27.6 Å². The number of benzene rings is 1. The van der Waals surface area contributed by atoms with Crippen molar-refractivity contribution in [2.24, 2.45) is 0 Å². The molecule has 10 heteroatoms. The summed E-state index contributed by atoms with van der Waals surface area (Å²) in [4.78, 5) is 35.7. The van der Waals surface area contributed by atoms with Crippen molar-refractivity contribution in [3.63, 3.8) is 0 Å². The summed E-state index contributed by atoms with van der Waals surface area (Å²) in [6, 6.07) is 2.13. The highest BCUT2D eigenvalue weighted by molar-refractivity contribution is 6.08. The minimum absolute atomic E-state index is 0.132. The number of carbonyl (C=O) groups is 3. The van der Waals surface area contributed by atoms with Gasteiger partial charge in [0.1, 0.15) is 5.54 Å². The van der Waals surface area contributed by atoms with Crippen molar-refractivity contribution >= 4 is 23.7 Å². The summed E-state index contributed by atoms with van der Waals surface area (Å²) in [7, 11) is 0. The van der Waals surface area contributed by atoms with Crippen LogP contribution in [0, 0.1) is 0 Å². The average Bonchev–Trinajstić information content (AvgIpc) is 2.71. The number of carbonyl (C=O) groups excluding carboxylic acids is 3. The molecule has 130 valence electrons. The molecule has 0 spiro atoms. The lowest BCUT2D eigenvalue weighted by atomic mass is 10.00. The summed E-state index contributed by atoms with van der Waals surface area (Å²) in [5, 5.41) is 5.06. The number of anilines is 1. The molecule has 0 bridgehead atoms. The Morgan fingerprint density at radius 1 is 1.33 bits per heavy atom. The molecule has 1 atom stereocenters. The predicted molar refractivity (Wildman–Crippen MR) is 77.7 cm³/mol. The van der Waals surface area contributed by atoms with Crippen molar-refractivity contribution in [2.75, 3.05) is 5.32 Å². The van der Waals surface area contributed by atoms with E-state index in [-0.39, 0.29) is 5.69 Å². The first-order valence-electron chi connectivity index (χ1n) is 6.98. The van der Waals surface area contributed by atoms with Gasteiger partial charge in [-0.15, -0.1) is 0 Å². The summed E-state index contributed by atoms with van der Waals surface area (Å²) in [6.07, 6.45) is -4.24. The zero-order valence-electron chi connectivity index (χ0n) is 12.8. The first-order valence-corrected chi connectivity index (χ1v) is 6.98. The Hall–Kier alpha value is -2.78. The van der Waals surface area contributed by atoms with Gasteiger partial charge in [0.25, 0.3) is 5.91 Å². The fourth-order valence-corrected chi connectivity index (χ4v) is 2.06. The quantitative estimate of drug-likeness (QED) is 0.736. The first-order chi connectivity index (χ1) is 11.1. The van der Waals surface area contributed by atoms with E-state index in [1.54, 1.807) is 6.92 Å². The van der Waals surface area contributed by atoms with Gasteiger partial charge in [0.05, 0.1) is 5.56 Å². The van der Waals surface area contributed by atoms with Crippen molar-refractivity contribution in [1.82, 2.24) is 15.8 Å². The molecule has 0 saturated carbocycles. The molecule has 7 nitrogen and oxygen atoms in total. The van der Waals surface area contributed by atoms with E-state index < -0.39 is 35.2 Å². The molecule has 1 aliphatic heterocycles. The van der Waals surface area contributed by atoms with Gasteiger partial charge in [0.15, 0.2) is 0 Å². The molecule has 1 heterocycles. The van der Waals surface area contributed by atoms with Crippen molar-refractivity contribution in [3.05, 3.63) is 29.8 Å². The number of imide groups is 1. The molecule has 1 aliphatic rings. The number of hydrazine groups is 1. The number of hydrogen-bond acceptors (Lipinski definition) is 3. The first kappa shape index (κ1) is 17.6. The summed E-state index contributed by atoms with van der Waals surface area (Å²) in [5.41, 5.74) is -0.191. The molecule has 1 aromatic carbocycles. The summed E-state index contributed by atoms with van der Waals surface area (Å²) < 4.78 is 37.9. The molecule has 1 fully saturated rings. The summed E-state index contributed by atoms with van der Waals surface area (Å²) >= 11 is 0. The lowest BCUT2D eigenvalue weighted by molar-refractivity contribution is -0.137. The highest BCUT2D eigenvalue weighted by Crippen LogP contribution is 2.30. The van der Waals surface area contributed by atoms with Gasteiger partial charge in [-0.3, -0.25) is 4.79 Å². The van der Waals surface area contributed by atoms with Gasteiger partial charge in [-0.2, -0.15) is 18.2 Å². The molecular weight excluding hydrogens is 329 g/mol. The Labute approximate surface area is 135 Å². The summed E-state index contributed by atoms with van der Waals surface area (Å²) in [5.74, 6) is -0.658. The Bertz CT molecular complexity index is 692. The van der Waals surface area contributed by atoms with Crippen LogP contribution in [0.15, 0.2) is 24.3 Å². The molecule has 0 radical (unpaired) electrons. The van der Waals surface area contributed by atoms with Gasteiger partial charge in [-0.1, -0.05) is 13.0 Å². The zero-order valence-corrected chi connectivity index (χ0v) is 12.8. The normalized spacial score (nSPS) is 20.8. The fraction of sp³-hybridized carbons (Fsp3) is 0.357. The topological polar surface area (TPSA) is 90.5 Å². The minimum atomic E-state index is -4.55. The lowest BCUT2D eigenvalue weighted by Gasteiger charge is -2.19. The second kappa shape index (κ2) is 6.02. The van der Waals surface area contributed by atoms with Crippen molar-refractivity contribution in [3.8, 4) is 0 Å². The smallest absolute Gasteiger partial charge is 0.322 e. The van der Waals surface area contributed by atoms with Crippen LogP contribution in [0.2, 0.25) is 0 Å². The van der Waals surface area contributed by atoms with Gasteiger partial charge in [0.2, 0.25) is 0 Å². The number of rotatable bonds is 3. The standard InChI is InChI=1S/C14H15F3N4O3/c1-3-13(2)10(22)21(12(24)19-13)20-11(23)18-9-6-4-5-8(7-9)14(15,16)17/h4-7H,3H2,1-2H3,(H,19,24)(H2,18,20,23). The molecule has 1 saturated heterocycles. The van der Waals surface area contributed by atoms with Gasteiger partial charge in [0, 0.05) is 5.69 Å². The third-order valence-electron chi connectivity index (χ3n) is 3.63. The lowest BCUT2D eigenvalue weighted by Crippen LogP contribution is -2.49. The predicted octanol–water partition coefficient (Wildman–Crippen LogP) is 2.46. The van der Waals surface area contributed by atoms with E-state index in [1.165, 1.54) is 13.0 Å². The molecule has 1 aromatic rings. The Morgan fingerprint density at radius 3 is 2.54 bits per heavy atom. The number of hydrogen-bond donors (Lipinski definition) is 3. The number of nitrogens with one attached hydrogen (secondary N) is 3. The SMILES string of the molecule is CCC1(C)NC(=O)N(NC(=O)Nc2cccc(C(F)(F)F)c2)C1=O. The van der Waals surface area contributed by atoms with Crippen LogP contribution in [0.3, 0.4) is 0 Å². The van der Waals surface area contributed by atoms with Crippen molar-refractivity contribution in [1.29, 1.82) is 0 Å². The fourth-order valence-electron chi connectivity index (χ4n) is 2.06. The van der Waals surface area contributed by atoms with Crippen LogP contribution in [-0.4, -0.2) is 28.5 Å². The molecule has 3 N–H and O–H groups in total. The van der Waals surface area contributed by atoms with Gasteiger partial charge in [-0.25, -0.2) is 15.0 Å². The van der Waals surface area contributed by atoms with Gasteiger partial charge in [-0.05, 0) is 31.5 Å².